The molecule has 0 saturated carbocycles. The third-order valence-electron chi connectivity index (χ3n) is 2.61. The summed E-state index contributed by atoms with van der Waals surface area (Å²) >= 11 is 0. The zero-order valence-electron chi connectivity index (χ0n) is 11.9. The topological polar surface area (TPSA) is 89.6 Å². The first-order valence-electron chi connectivity index (χ1n) is 6.19. The first-order valence-corrected chi connectivity index (χ1v) is 6.19. The van der Waals surface area contributed by atoms with Gasteiger partial charge in [-0.25, -0.2) is 8.78 Å². The predicted octanol–water partition coefficient (Wildman–Crippen LogP) is 2.01. The number of hydrogen-bond donors (Lipinski definition) is 2. The van der Waals surface area contributed by atoms with E-state index in [2.05, 4.69) is 0 Å². The molecule has 2 unspecified atom stereocenters. The third-order valence-corrected chi connectivity index (χ3v) is 2.61. The van der Waals surface area contributed by atoms with Crippen LogP contribution in [-0.2, 0) is 14.3 Å². The molecule has 2 atom stereocenters. The van der Waals surface area contributed by atoms with Crippen LogP contribution in [0, 0.1) is 17.6 Å². The smallest absolute Gasteiger partial charge is 0.322 e. The van der Waals surface area contributed by atoms with Crippen molar-refractivity contribution >= 4 is 11.9 Å². The van der Waals surface area contributed by atoms with Gasteiger partial charge in [-0.2, -0.15) is 0 Å². The summed E-state index contributed by atoms with van der Waals surface area (Å²) in [4.78, 5) is 23.2. The van der Waals surface area contributed by atoms with Gasteiger partial charge in [0.1, 0.15) is 17.2 Å². The summed E-state index contributed by atoms with van der Waals surface area (Å²) in [5, 5.41) is 9.14. The molecule has 0 aliphatic carbocycles. The Balaban J connectivity index is 3.11. The number of halogens is 2. The molecule has 0 amide bonds. The van der Waals surface area contributed by atoms with Crippen LogP contribution in [0.5, 0.6) is 0 Å². The van der Waals surface area contributed by atoms with Crippen molar-refractivity contribution in [3.63, 3.8) is 0 Å². The second-order valence-corrected chi connectivity index (χ2v) is 5.54. The molecular formula is C14H17F2NO4. The molecule has 0 radical (unpaired) electrons. The maximum atomic E-state index is 13.7. The summed E-state index contributed by atoms with van der Waals surface area (Å²) in [6.07, 6.45) is 0. The normalized spacial score (nSPS) is 14.4. The summed E-state index contributed by atoms with van der Waals surface area (Å²) in [5.74, 6) is -6.25. The van der Waals surface area contributed by atoms with E-state index in [1.807, 2.05) is 0 Å². The highest BCUT2D eigenvalue weighted by Gasteiger charge is 2.38. The Kier molecular flexibility index (Phi) is 5.01. The van der Waals surface area contributed by atoms with Crippen LogP contribution in [0.15, 0.2) is 18.2 Å². The van der Waals surface area contributed by atoms with Gasteiger partial charge in [0.15, 0.2) is 5.92 Å². The van der Waals surface area contributed by atoms with Gasteiger partial charge >= 0.3 is 11.9 Å². The minimum Gasteiger partial charge on any atom is -0.481 e. The summed E-state index contributed by atoms with van der Waals surface area (Å²) in [5.41, 5.74) is 4.49. The second-order valence-electron chi connectivity index (χ2n) is 5.54. The zero-order chi connectivity index (χ0) is 16.4. The van der Waals surface area contributed by atoms with E-state index in [0.717, 1.165) is 12.1 Å². The van der Waals surface area contributed by atoms with Crippen molar-refractivity contribution in [2.24, 2.45) is 11.7 Å². The number of carboxylic acids is 1. The van der Waals surface area contributed by atoms with Crippen LogP contribution < -0.4 is 5.73 Å². The fraction of sp³-hybridized carbons (Fsp3) is 0.429. The Bertz CT molecular complexity index is 554. The van der Waals surface area contributed by atoms with Crippen molar-refractivity contribution in [1.29, 1.82) is 0 Å². The molecule has 0 bridgehead atoms. The van der Waals surface area contributed by atoms with Gasteiger partial charge in [-0.1, -0.05) is 6.07 Å². The van der Waals surface area contributed by atoms with Gasteiger partial charge < -0.3 is 15.6 Å². The van der Waals surface area contributed by atoms with Crippen LogP contribution >= 0.6 is 0 Å². The number of carbonyl (C=O) groups is 2. The number of rotatable bonds is 4. The van der Waals surface area contributed by atoms with Crippen molar-refractivity contribution in [3.05, 3.63) is 35.4 Å². The van der Waals surface area contributed by atoms with Crippen molar-refractivity contribution in [2.45, 2.75) is 32.4 Å². The Morgan fingerprint density at radius 1 is 1.29 bits per heavy atom. The number of ether oxygens (including phenoxy) is 1. The van der Waals surface area contributed by atoms with Gasteiger partial charge in [0, 0.05) is 11.6 Å². The lowest BCUT2D eigenvalue weighted by atomic mass is 9.93. The number of hydrogen-bond acceptors (Lipinski definition) is 4. The number of carbonyl (C=O) groups excluding carboxylic acids is 1. The average Bonchev–Trinajstić information content (AvgIpc) is 2.25. The molecule has 21 heavy (non-hydrogen) atoms. The minimum atomic E-state index is -1.79. The van der Waals surface area contributed by atoms with Crippen molar-refractivity contribution in [3.8, 4) is 0 Å². The van der Waals surface area contributed by atoms with Crippen LogP contribution in [0.3, 0.4) is 0 Å². The molecule has 3 N–H and O–H groups in total. The maximum Gasteiger partial charge on any atom is 0.322 e. The summed E-state index contributed by atoms with van der Waals surface area (Å²) < 4.78 is 31.5. The Morgan fingerprint density at radius 2 is 1.86 bits per heavy atom. The fourth-order valence-corrected chi connectivity index (χ4v) is 1.72. The molecule has 0 spiro atoms. The highest BCUT2D eigenvalue weighted by Crippen LogP contribution is 2.26. The Labute approximate surface area is 120 Å². The number of benzene rings is 1. The quantitative estimate of drug-likeness (QED) is 0.656. The number of esters is 1. The highest BCUT2D eigenvalue weighted by molar-refractivity contribution is 5.95. The monoisotopic (exact) mass is 301 g/mol. The first kappa shape index (κ1) is 17.0. The predicted molar refractivity (Wildman–Crippen MR) is 70.3 cm³/mol. The molecule has 0 aromatic heterocycles. The van der Waals surface area contributed by atoms with Crippen LogP contribution in [0.1, 0.15) is 32.4 Å². The SMILES string of the molecule is CC(C)(C)OC(=O)C(C(=O)O)C(N)c1ccc(F)cc1F. The van der Waals surface area contributed by atoms with Crippen LogP contribution in [0.4, 0.5) is 8.78 Å². The fourth-order valence-electron chi connectivity index (χ4n) is 1.72. The molecule has 5 nitrogen and oxygen atoms in total. The van der Waals surface area contributed by atoms with Gasteiger partial charge in [-0.3, -0.25) is 9.59 Å². The molecule has 0 saturated heterocycles. The largest absolute Gasteiger partial charge is 0.481 e. The van der Waals surface area contributed by atoms with Crippen molar-refractivity contribution < 1.29 is 28.2 Å². The lowest BCUT2D eigenvalue weighted by molar-refractivity contribution is -0.167. The van der Waals surface area contributed by atoms with E-state index in [4.69, 9.17) is 15.6 Å². The molecule has 1 rings (SSSR count). The van der Waals surface area contributed by atoms with E-state index in [1.54, 1.807) is 20.8 Å². The van der Waals surface area contributed by atoms with Gasteiger partial charge in [-0.05, 0) is 26.8 Å². The molecule has 0 aliphatic heterocycles. The standard InChI is InChI=1S/C14H17F2NO4/c1-14(2,3)21-13(20)10(12(18)19)11(17)8-5-4-7(15)6-9(8)16/h4-6,10-11H,17H2,1-3H3,(H,18,19). The molecule has 1 aromatic carbocycles. The van der Waals surface area contributed by atoms with E-state index < -0.39 is 41.1 Å². The molecule has 1 aromatic rings. The van der Waals surface area contributed by atoms with E-state index >= 15 is 0 Å². The van der Waals surface area contributed by atoms with E-state index in [1.165, 1.54) is 0 Å². The molecule has 0 aliphatic rings. The van der Waals surface area contributed by atoms with Crippen molar-refractivity contribution in [1.82, 2.24) is 0 Å². The maximum absolute atomic E-state index is 13.7. The average molecular weight is 301 g/mol. The first-order chi connectivity index (χ1) is 9.53. The number of nitrogens with two attached hydrogens (primary N) is 1. The van der Waals surface area contributed by atoms with Gasteiger partial charge in [0.25, 0.3) is 0 Å². The number of carboxylic acid groups (broad SMARTS) is 1. The summed E-state index contributed by atoms with van der Waals surface area (Å²) in [7, 11) is 0. The molecule has 0 heterocycles. The Morgan fingerprint density at radius 3 is 2.29 bits per heavy atom. The minimum absolute atomic E-state index is 0.269. The molecule has 0 fully saturated rings. The lowest BCUT2D eigenvalue weighted by Gasteiger charge is -2.25. The lowest BCUT2D eigenvalue weighted by Crippen LogP contribution is -2.39. The molecule has 116 valence electrons. The van der Waals surface area contributed by atoms with E-state index in [0.29, 0.717) is 6.07 Å². The van der Waals surface area contributed by atoms with E-state index in [-0.39, 0.29) is 5.56 Å². The second kappa shape index (κ2) is 6.17. The summed E-state index contributed by atoms with van der Waals surface area (Å²) in [6.45, 7) is 4.69. The van der Waals surface area contributed by atoms with Crippen LogP contribution in [0.25, 0.3) is 0 Å². The van der Waals surface area contributed by atoms with Gasteiger partial charge in [0.2, 0.25) is 0 Å². The summed E-state index contributed by atoms with van der Waals surface area (Å²) in [6, 6.07) is 1.03. The van der Waals surface area contributed by atoms with Gasteiger partial charge in [0.05, 0.1) is 6.04 Å². The van der Waals surface area contributed by atoms with Crippen molar-refractivity contribution in [2.75, 3.05) is 0 Å². The van der Waals surface area contributed by atoms with Crippen LogP contribution in [-0.4, -0.2) is 22.6 Å². The van der Waals surface area contributed by atoms with Crippen LogP contribution in [0.2, 0.25) is 0 Å². The number of aliphatic carboxylic acids is 1. The van der Waals surface area contributed by atoms with E-state index in [9.17, 15) is 18.4 Å². The Hall–Kier alpha value is -2.02. The zero-order valence-corrected chi connectivity index (χ0v) is 11.9. The highest BCUT2D eigenvalue weighted by atomic mass is 19.1. The molecular weight excluding hydrogens is 284 g/mol. The van der Waals surface area contributed by atoms with Gasteiger partial charge in [-0.15, -0.1) is 0 Å². The third kappa shape index (κ3) is 4.49. The molecule has 7 heteroatoms.